The van der Waals surface area contributed by atoms with Crippen LogP contribution in [0, 0.1) is 0 Å². The topological polar surface area (TPSA) is 46.2 Å². The van der Waals surface area contributed by atoms with E-state index in [9.17, 15) is 5.11 Å². The fourth-order valence-electron chi connectivity index (χ4n) is 2.30. The third kappa shape index (κ3) is 1.77. The number of aliphatic hydroxyl groups excluding tert-OH is 1. The minimum Gasteiger partial charge on any atom is -0.386 e. The fraction of sp³-hybridized carbons (Fsp3) is 0.538. The van der Waals surface area contributed by atoms with E-state index in [-0.39, 0.29) is 5.54 Å². The Labute approximate surface area is 100 Å². The standard InChI is InChI=1S/C13H17NOS/c14-13(5-6-13)12(15)10-3-4-11-9(8-10)2-1-7-16-11/h3-4,8,12,15H,1-2,5-7,14H2. The number of thioether (sulfide) groups is 1. The summed E-state index contributed by atoms with van der Waals surface area (Å²) in [5, 5.41) is 10.2. The molecule has 1 aliphatic carbocycles. The Hall–Kier alpha value is -0.510. The summed E-state index contributed by atoms with van der Waals surface area (Å²) in [5.41, 5.74) is 8.09. The molecule has 0 saturated heterocycles. The molecule has 2 aliphatic rings. The van der Waals surface area contributed by atoms with Gasteiger partial charge in [0.1, 0.15) is 0 Å². The van der Waals surface area contributed by atoms with Gasteiger partial charge in [-0.25, -0.2) is 0 Å². The van der Waals surface area contributed by atoms with Gasteiger partial charge in [-0.15, -0.1) is 11.8 Å². The molecular weight excluding hydrogens is 218 g/mol. The summed E-state index contributed by atoms with van der Waals surface area (Å²) in [6.07, 6.45) is 3.79. The van der Waals surface area contributed by atoms with Gasteiger partial charge >= 0.3 is 0 Å². The monoisotopic (exact) mass is 235 g/mol. The fourth-order valence-corrected chi connectivity index (χ4v) is 3.32. The summed E-state index contributed by atoms with van der Waals surface area (Å²) in [6, 6.07) is 6.33. The zero-order valence-electron chi connectivity index (χ0n) is 9.28. The van der Waals surface area contributed by atoms with Gasteiger partial charge in [0.15, 0.2) is 0 Å². The van der Waals surface area contributed by atoms with Gasteiger partial charge in [0.2, 0.25) is 0 Å². The third-order valence-corrected chi connectivity index (χ3v) is 4.82. The Kier molecular flexibility index (Phi) is 2.50. The molecule has 1 aromatic carbocycles. The van der Waals surface area contributed by atoms with E-state index in [1.807, 2.05) is 17.8 Å². The lowest BCUT2D eigenvalue weighted by molar-refractivity contribution is 0.136. The molecule has 3 N–H and O–H groups in total. The van der Waals surface area contributed by atoms with E-state index < -0.39 is 6.10 Å². The van der Waals surface area contributed by atoms with Gasteiger partial charge in [0, 0.05) is 10.4 Å². The van der Waals surface area contributed by atoms with Crippen LogP contribution in [0.25, 0.3) is 0 Å². The van der Waals surface area contributed by atoms with Crippen molar-refractivity contribution in [1.29, 1.82) is 0 Å². The second kappa shape index (κ2) is 3.76. The molecule has 3 heteroatoms. The van der Waals surface area contributed by atoms with E-state index in [1.165, 1.54) is 22.6 Å². The van der Waals surface area contributed by atoms with Crippen LogP contribution in [-0.2, 0) is 6.42 Å². The van der Waals surface area contributed by atoms with Crippen molar-refractivity contribution in [3.05, 3.63) is 29.3 Å². The Morgan fingerprint density at radius 3 is 2.94 bits per heavy atom. The van der Waals surface area contributed by atoms with E-state index in [0.29, 0.717) is 0 Å². The smallest absolute Gasteiger partial charge is 0.0969 e. The number of nitrogens with two attached hydrogens (primary N) is 1. The van der Waals surface area contributed by atoms with Crippen LogP contribution in [0.4, 0.5) is 0 Å². The normalized spacial score (nSPS) is 23.6. The van der Waals surface area contributed by atoms with Crippen LogP contribution in [0.5, 0.6) is 0 Å². The predicted octanol–water partition coefficient (Wildman–Crippen LogP) is 2.25. The van der Waals surface area contributed by atoms with Crippen molar-refractivity contribution in [2.24, 2.45) is 5.73 Å². The summed E-state index contributed by atoms with van der Waals surface area (Å²) in [4.78, 5) is 1.38. The molecule has 1 atom stereocenters. The first-order valence-corrected chi connectivity index (χ1v) is 6.90. The molecule has 3 rings (SSSR count). The predicted molar refractivity (Wildman–Crippen MR) is 66.6 cm³/mol. The van der Waals surface area contributed by atoms with Crippen LogP contribution >= 0.6 is 11.8 Å². The van der Waals surface area contributed by atoms with Gasteiger partial charge in [0.25, 0.3) is 0 Å². The average Bonchev–Trinajstić information content (AvgIpc) is 3.07. The van der Waals surface area contributed by atoms with Crippen molar-refractivity contribution in [3.8, 4) is 0 Å². The Morgan fingerprint density at radius 1 is 1.38 bits per heavy atom. The van der Waals surface area contributed by atoms with Crippen LogP contribution < -0.4 is 5.73 Å². The van der Waals surface area contributed by atoms with E-state index in [4.69, 9.17) is 5.73 Å². The van der Waals surface area contributed by atoms with Crippen molar-refractivity contribution in [2.75, 3.05) is 5.75 Å². The molecule has 0 aromatic heterocycles. The van der Waals surface area contributed by atoms with Crippen molar-refractivity contribution >= 4 is 11.8 Å². The third-order valence-electron chi connectivity index (χ3n) is 3.62. The van der Waals surface area contributed by atoms with E-state index in [0.717, 1.165) is 24.8 Å². The molecule has 2 nitrogen and oxygen atoms in total. The average molecular weight is 235 g/mol. The van der Waals surface area contributed by atoms with E-state index >= 15 is 0 Å². The highest BCUT2D eigenvalue weighted by Crippen LogP contribution is 2.44. The molecule has 1 aromatic rings. The van der Waals surface area contributed by atoms with Crippen LogP contribution in [0.2, 0.25) is 0 Å². The number of hydrogen-bond acceptors (Lipinski definition) is 3. The second-order valence-electron chi connectivity index (χ2n) is 4.95. The van der Waals surface area contributed by atoms with Crippen LogP contribution in [0.1, 0.15) is 36.5 Å². The molecule has 16 heavy (non-hydrogen) atoms. The molecular formula is C13H17NOS. The number of rotatable bonds is 2. The molecule has 0 radical (unpaired) electrons. The molecule has 1 fully saturated rings. The SMILES string of the molecule is NC1(C(O)c2ccc3c(c2)CCCS3)CC1. The maximum absolute atomic E-state index is 10.2. The minimum atomic E-state index is -0.482. The first kappa shape index (κ1) is 10.6. The highest BCUT2D eigenvalue weighted by atomic mass is 32.2. The summed E-state index contributed by atoms with van der Waals surface area (Å²) in [6.45, 7) is 0. The zero-order valence-corrected chi connectivity index (χ0v) is 10.1. The minimum absolute atomic E-state index is 0.337. The van der Waals surface area contributed by atoms with E-state index in [2.05, 4.69) is 12.1 Å². The Morgan fingerprint density at radius 2 is 2.19 bits per heavy atom. The summed E-state index contributed by atoms with van der Waals surface area (Å²) < 4.78 is 0. The lowest BCUT2D eigenvalue weighted by atomic mass is 9.97. The molecule has 1 saturated carbocycles. The molecule has 1 heterocycles. The number of benzene rings is 1. The highest BCUT2D eigenvalue weighted by Gasteiger charge is 2.45. The van der Waals surface area contributed by atoms with E-state index in [1.54, 1.807) is 0 Å². The molecule has 1 aliphatic heterocycles. The van der Waals surface area contributed by atoms with Crippen molar-refractivity contribution < 1.29 is 5.11 Å². The van der Waals surface area contributed by atoms with Crippen molar-refractivity contribution in [2.45, 2.75) is 42.2 Å². The molecule has 86 valence electrons. The number of aryl methyl sites for hydroxylation is 1. The van der Waals surface area contributed by atoms with Crippen molar-refractivity contribution in [3.63, 3.8) is 0 Å². The van der Waals surface area contributed by atoms with Crippen LogP contribution in [-0.4, -0.2) is 16.4 Å². The highest BCUT2D eigenvalue weighted by molar-refractivity contribution is 7.99. The summed E-state index contributed by atoms with van der Waals surface area (Å²) >= 11 is 1.92. The van der Waals surface area contributed by atoms with Crippen LogP contribution in [0.3, 0.4) is 0 Å². The van der Waals surface area contributed by atoms with Crippen molar-refractivity contribution in [1.82, 2.24) is 0 Å². The maximum atomic E-state index is 10.2. The number of aliphatic hydroxyl groups is 1. The lowest BCUT2D eigenvalue weighted by Gasteiger charge is -2.21. The number of hydrogen-bond donors (Lipinski definition) is 2. The molecule has 1 unspecified atom stereocenters. The largest absolute Gasteiger partial charge is 0.386 e. The van der Waals surface area contributed by atoms with Gasteiger partial charge in [0.05, 0.1) is 6.10 Å². The molecule has 0 bridgehead atoms. The van der Waals surface area contributed by atoms with Gasteiger partial charge in [-0.05, 0) is 48.6 Å². The maximum Gasteiger partial charge on any atom is 0.0969 e. The zero-order chi connectivity index (χ0) is 11.2. The Balaban J connectivity index is 1.90. The summed E-state index contributed by atoms with van der Waals surface area (Å²) in [7, 11) is 0. The van der Waals surface area contributed by atoms with Gasteiger partial charge in [-0.3, -0.25) is 0 Å². The van der Waals surface area contributed by atoms with Gasteiger partial charge in [-0.2, -0.15) is 0 Å². The first-order chi connectivity index (χ1) is 7.69. The lowest BCUT2D eigenvalue weighted by Crippen LogP contribution is -2.30. The quantitative estimate of drug-likeness (QED) is 0.826. The summed E-state index contributed by atoms with van der Waals surface area (Å²) in [5.74, 6) is 1.22. The van der Waals surface area contributed by atoms with Gasteiger partial charge in [-0.1, -0.05) is 12.1 Å². The Bertz CT molecular complexity index is 414. The molecule has 0 amide bonds. The van der Waals surface area contributed by atoms with Gasteiger partial charge < -0.3 is 10.8 Å². The number of fused-ring (bicyclic) bond motifs is 1. The first-order valence-electron chi connectivity index (χ1n) is 5.92. The van der Waals surface area contributed by atoms with Crippen LogP contribution in [0.15, 0.2) is 23.1 Å². The molecule has 0 spiro atoms. The second-order valence-corrected chi connectivity index (χ2v) is 6.09.